The average molecular weight is 190 g/mol. The van der Waals surface area contributed by atoms with Gasteiger partial charge in [0, 0.05) is 0 Å². The van der Waals surface area contributed by atoms with E-state index in [1.807, 2.05) is 18.2 Å². The Balaban J connectivity index is 2.87. The molecule has 0 aliphatic carbocycles. The molecule has 0 fully saturated rings. The average Bonchev–Trinajstić information content (AvgIpc) is 2.20. The van der Waals surface area contributed by atoms with Crippen LogP contribution in [0.3, 0.4) is 0 Å². The zero-order valence-electron chi connectivity index (χ0n) is 9.01. The Morgan fingerprint density at radius 1 is 1.21 bits per heavy atom. The van der Waals surface area contributed by atoms with Gasteiger partial charge in [-0.2, -0.15) is 0 Å². The van der Waals surface area contributed by atoms with Gasteiger partial charge in [0.05, 0.1) is 5.60 Å². The van der Waals surface area contributed by atoms with Crippen molar-refractivity contribution in [3.05, 3.63) is 35.9 Å². The quantitative estimate of drug-likeness (QED) is 0.756. The van der Waals surface area contributed by atoms with Crippen LogP contribution >= 0.6 is 0 Å². The first-order valence-corrected chi connectivity index (χ1v) is 5.33. The summed E-state index contributed by atoms with van der Waals surface area (Å²) in [6.45, 7) is 4.19. The van der Waals surface area contributed by atoms with E-state index in [9.17, 15) is 5.11 Å². The second-order valence-corrected chi connectivity index (χ2v) is 3.75. The van der Waals surface area contributed by atoms with E-state index < -0.39 is 5.60 Å². The first-order chi connectivity index (χ1) is 6.73. The third kappa shape index (κ3) is 2.49. The van der Waals surface area contributed by atoms with Crippen molar-refractivity contribution in [3.8, 4) is 0 Å². The van der Waals surface area contributed by atoms with E-state index in [1.165, 1.54) is 0 Å². The summed E-state index contributed by atoms with van der Waals surface area (Å²) in [6, 6.07) is 11.3. The predicted octanol–water partition coefficient (Wildman–Crippen LogP) is 3.07. The summed E-state index contributed by atoms with van der Waals surface area (Å²) in [7, 11) is 0. The van der Waals surface area contributed by atoms with Gasteiger partial charge in [-0.15, -0.1) is 0 Å². The molecule has 0 saturated heterocycles. The van der Waals surface area contributed by atoms with E-state index in [-0.39, 0.29) is 0 Å². The first kappa shape index (κ1) is 11.1. The lowest BCUT2D eigenvalue weighted by Gasteiger charge is -2.27. The lowest BCUT2D eigenvalue weighted by Crippen LogP contribution is -2.24. The van der Waals surface area contributed by atoms with Gasteiger partial charge in [-0.05, 0) is 36.6 Å². The molecule has 0 saturated carbocycles. The molecule has 14 heavy (non-hydrogen) atoms. The minimum Gasteiger partial charge on any atom is -0.385 e. The SMILES string of the molecule is CCCC(O)(CCC)c1cc#ccc1. The molecule has 1 aromatic rings. The molecule has 0 unspecified atom stereocenters. The fourth-order valence-corrected chi connectivity index (χ4v) is 1.88. The van der Waals surface area contributed by atoms with Crippen LogP contribution in [0.5, 0.6) is 0 Å². The number of rotatable bonds is 5. The maximum atomic E-state index is 10.4. The molecule has 1 N–H and O–H groups in total. The maximum absolute atomic E-state index is 10.4. The van der Waals surface area contributed by atoms with E-state index in [0.717, 1.165) is 31.2 Å². The highest BCUT2D eigenvalue weighted by molar-refractivity contribution is 5.18. The van der Waals surface area contributed by atoms with Crippen LogP contribution in [0.2, 0.25) is 0 Å². The van der Waals surface area contributed by atoms with Gasteiger partial charge >= 0.3 is 0 Å². The summed E-state index contributed by atoms with van der Waals surface area (Å²) < 4.78 is 0. The zero-order chi connectivity index (χ0) is 10.4. The van der Waals surface area contributed by atoms with Crippen LogP contribution in [0.25, 0.3) is 0 Å². The predicted molar refractivity (Wildman–Crippen MR) is 57.8 cm³/mol. The van der Waals surface area contributed by atoms with Gasteiger partial charge in [0.2, 0.25) is 0 Å². The second kappa shape index (κ2) is 5.02. The van der Waals surface area contributed by atoms with E-state index in [1.54, 1.807) is 0 Å². The zero-order valence-corrected chi connectivity index (χ0v) is 9.01. The standard InChI is InChI=1S/C13H18O/c1-3-10-13(14,11-4-2)12-8-6-5-7-9-12/h6,8-9,14H,3-4,10-11H2,1-2H3. The molecule has 0 aromatic heterocycles. The van der Waals surface area contributed by atoms with Crippen LogP contribution in [0.1, 0.15) is 45.1 Å². The largest absolute Gasteiger partial charge is 0.385 e. The van der Waals surface area contributed by atoms with Gasteiger partial charge in [0.1, 0.15) is 0 Å². The molecular weight excluding hydrogens is 172 g/mol. The first-order valence-electron chi connectivity index (χ1n) is 5.33. The van der Waals surface area contributed by atoms with Crippen molar-refractivity contribution in [2.24, 2.45) is 0 Å². The molecule has 0 bridgehead atoms. The molecule has 1 nitrogen and oxygen atoms in total. The third-order valence-electron chi connectivity index (χ3n) is 2.52. The number of hydrogen-bond donors (Lipinski definition) is 1. The van der Waals surface area contributed by atoms with Crippen LogP contribution in [-0.2, 0) is 5.60 Å². The highest BCUT2D eigenvalue weighted by atomic mass is 16.3. The maximum Gasteiger partial charge on any atom is 0.0902 e. The van der Waals surface area contributed by atoms with Crippen LogP contribution in [0.4, 0.5) is 0 Å². The van der Waals surface area contributed by atoms with Crippen molar-refractivity contribution in [1.29, 1.82) is 0 Å². The summed E-state index contributed by atoms with van der Waals surface area (Å²) in [5.41, 5.74) is 0.315. The summed E-state index contributed by atoms with van der Waals surface area (Å²) in [5.74, 6) is 0. The molecule has 0 spiro atoms. The molecule has 0 atom stereocenters. The molecule has 0 radical (unpaired) electrons. The van der Waals surface area contributed by atoms with Gasteiger partial charge < -0.3 is 5.11 Å². The minimum atomic E-state index is -0.658. The Bertz CT molecular complexity index is 247. The Labute approximate surface area is 86.8 Å². The van der Waals surface area contributed by atoms with Gasteiger partial charge in [0.25, 0.3) is 0 Å². The normalized spacial score (nSPS) is 11.1. The van der Waals surface area contributed by atoms with Crippen molar-refractivity contribution in [2.45, 2.75) is 45.1 Å². The summed E-state index contributed by atoms with van der Waals surface area (Å²) >= 11 is 0. The number of hydrogen-bond acceptors (Lipinski definition) is 1. The van der Waals surface area contributed by atoms with E-state index >= 15 is 0 Å². The molecule has 0 heterocycles. The molecule has 1 aromatic carbocycles. The van der Waals surface area contributed by atoms with Crippen LogP contribution < -0.4 is 0 Å². The van der Waals surface area contributed by atoms with Gasteiger partial charge in [-0.3, -0.25) is 0 Å². The van der Waals surface area contributed by atoms with Crippen molar-refractivity contribution in [1.82, 2.24) is 0 Å². The lowest BCUT2D eigenvalue weighted by molar-refractivity contribution is 0.0170. The Morgan fingerprint density at radius 2 is 1.86 bits per heavy atom. The van der Waals surface area contributed by atoms with Crippen LogP contribution in [0.15, 0.2) is 18.2 Å². The smallest absolute Gasteiger partial charge is 0.0902 e. The topological polar surface area (TPSA) is 20.2 Å². The van der Waals surface area contributed by atoms with E-state index in [2.05, 4.69) is 26.0 Å². The van der Waals surface area contributed by atoms with Crippen molar-refractivity contribution in [2.75, 3.05) is 0 Å². The number of aliphatic hydroxyl groups is 1. The Morgan fingerprint density at radius 3 is 2.29 bits per heavy atom. The van der Waals surface area contributed by atoms with Crippen LogP contribution in [0, 0.1) is 12.1 Å². The lowest BCUT2D eigenvalue weighted by atomic mass is 9.86. The second-order valence-electron chi connectivity index (χ2n) is 3.75. The summed E-state index contributed by atoms with van der Waals surface area (Å²) in [6.07, 6.45) is 3.63. The molecule has 76 valence electrons. The van der Waals surface area contributed by atoms with Crippen LogP contribution in [-0.4, -0.2) is 5.11 Å². The van der Waals surface area contributed by atoms with Gasteiger partial charge in [0.15, 0.2) is 0 Å². The fraction of sp³-hybridized carbons (Fsp3) is 0.538. The van der Waals surface area contributed by atoms with Gasteiger partial charge in [-0.1, -0.05) is 38.8 Å². The molecule has 0 aliphatic heterocycles. The van der Waals surface area contributed by atoms with Crippen molar-refractivity contribution < 1.29 is 5.11 Å². The fourth-order valence-electron chi connectivity index (χ4n) is 1.88. The van der Waals surface area contributed by atoms with E-state index in [4.69, 9.17) is 0 Å². The molecule has 0 amide bonds. The summed E-state index contributed by atoms with van der Waals surface area (Å²) in [5, 5.41) is 10.4. The third-order valence-corrected chi connectivity index (χ3v) is 2.52. The monoisotopic (exact) mass is 190 g/mol. The van der Waals surface area contributed by atoms with Crippen molar-refractivity contribution in [3.63, 3.8) is 0 Å². The van der Waals surface area contributed by atoms with Gasteiger partial charge in [-0.25, -0.2) is 0 Å². The molecule has 0 aliphatic rings. The summed E-state index contributed by atoms with van der Waals surface area (Å²) in [4.78, 5) is 0. The molecule has 1 rings (SSSR count). The minimum absolute atomic E-state index is 0.658. The molecule has 1 heteroatoms. The molecular formula is C13H18O. The van der Waals surface area contributed by atoms with Crippen molar-refractivity contribution >= 4 is 0 Å². The Hall–Kier alpha value is -1.00. The van der Waals surface area contributed by atoms with E-state index in [0.29, 0.717) is 0 Å². The highest BCUT2D eigenvalue weighted by Gasteiger charge is 2.26. The highest BCUT2D eigenvalue weighted by Crippen LogP contribution is 2.30. The Kier molecular flexibility index (Phi) is 3.98.